The molecule has 0 N–H and O–H groups in total. The number of thioether (sulfide) groups is 1. The number of imide groups is 1. The topological polar surface area (TPSA) is 46.6 Å². The standard InChI is InChI=1S/C26H23NO3S/c1-17-9-14-22(18(2)15-17)27-25(28)23(20-10-12-21(30-3)13-11-20)24(26(27)29)31-16-19-7-5-4-6-8-19/h4-15H,16H2,1-3H3. The number of hydrogen-bond acceptors (Lipinski definition) is 4. The summed E-state index contributed by atoms with van der Waals surface area (Å²) in [6.07, 6.45) is 0. The van der Waals surface area contributed by atoms with Crippen LogP contribution < -0.4 is 9.64 Å². The third-order valence-corrected chi connectivity index (χ3v) is 6.38. The first-order valence-electron chi connectivity index (χ1n) is 10.0. The Morgan fingerprint density at radius 3 is 2.23 bits per heavy atom. The minimum absolute atomic E-state index is 0.274. The Bertz CT molecular complexity index is 1170. The van der Waals surface area contributed by atoms with Gasteiger partial charge in [-0.15, -0.1) is 11.8 Å². The number of methoxy groups -OCH3 is 1. The van der Waals surface area contributed by atoms with E-state index >= 15 is 0 Å². The quantitative estimate of drug-likeness (QED) is 0.484. The lowest BCUT2D eigenvalue weighted by Crippen LogP contribution is -2.32. The highest BCUT2D eigenvalue weighted by molar-refractivity contribution is 8.03. The predicted octanol–water partition coefficient (Wildman–Crippen LogP) is 5.53. The molecule has 3 aromatic rings. The molecule has 0 atom stereocenters. The molecule has 1 aliphatic heterocycles. The number of anilines is 1. The number of hydrogen-bond donors (Lipinski definition) is 0. The van der Waals surface area contributed by atoms with Crippen LogP contribution >= 0.6 is 11.8 Å². The number of amides is 2. The van der Waals surface area contributed by atoms with E-state index in [4.69, 9.17) is 4.74 Å². The fourth-order valence-corrected chi connectivity index (χ4v) is 4.73. The summed E-state index contributed by atoms with van der Waals surface area (Å²) in [4.78, 5) is 28.8. The molecule has 1 aliphatic rings. The van der Waals surface area contributed by atoms with Crippen molar-refractivity contribution in [3.8, 4) is 5.75 Å². The normalized spacial score (nSPS) is 13.8. The molecule has 0 aliphatic carbocycles. The summed E-state index contributed by atoms with van der Waals surface area (Å²) in [7, 11) is 1.60. The predicted molar refractivity (Wildman–Crippen MR) is 126 cm³/mol. The average Bonchev–Trinajstić information content (AvgIpc) is 3.03. The van der Waals surface area contributed by atoms with Gasteiger partial charge in [0.15, 0.2) is 0 Å². The lowest BCUT2D eigenvalue weighted by molar-refractivity contribution is -0.119. The zero-order valence-corrected chi connectivity index (χ0v) is 18.5. The van der Waals surface area contributed by atoms with Gasteiger partial charge in [-0.25, -0.2) is 4.90 Å². The number of carbonyl (C=O) groups excluding carboxylic acids is 2. The highest BCUT2D eigenvalue weighted by Gasteiger charge is 2.40. The van der Waals surface area contributed by atoms with E-state index in [0.717, 1.165) is 16.7 Å². The molecule has 1 heterocycles. The minimum Gasteiger partial charge on any atom is -0.497 e. The van der Waals surface area contributed by atoms with E-state index in [9.17, 15) is 9.59 Å². The third-order valence-electron chi connectivity index (χ3n) is 5.24. The number of aryl methyl sites for hydroxylation is 2. The van der Waals surface area contributed by atoms with Crippen LogP contribution in [0, 0.1) is 13.8 Å². The van der Waals surface area contributed by atoms with Crippen LogP contribution in [0.1, 0.15) is 22.3 Å². The maximum Gasteiger partial charge on any atom is 0.272 e. The van der Waals surface area contributed by atoms with Gasteiger partial charge in [-0.1, -0.05) is 60.2 Å². The average molecular weight is 430 g/mol. The van der Waals surface area contributed by atoms with Crippen molar-refractivity contribution in [2.45, 2.75) is 19.6 Å². The van der Waals surface area contributed by atoms with Crippen molar-refractivity contribution in [2.75, 3.05) is 12.0 Å². The smallest absolute Gasteiger partial charge is 0.272 e. The van der Waals surface area contributed by atoms with E-state index in [1.165, 1.54) is 16.7 Å². The molecule has 0 radical (unpaired) electrons. The van der Waals surface area contributed by atoms with Crippen molar-refractivity contribution >= 4 is 34.8 Å². The summed E-state index contributed by atoms with van der Waals surface area (Å²) in [5.41, 5.74) is 4.85. The number of carbonyl (C=O) groups is 2. The Kier molecular flexibility index (Phi) is 5.96. The lowest BCUT2D eigenvalue weighted by atomic mass is 10.1. The molecule has 0 spiro atoms. The highest BCUT2D eigenvalue weighted by atomic mass is 32.2. The second kappa shape index (κ2) is 8.82. The van der Waals surface area contributed by atoms with Gasteiger partial charge in [-0.2, -0.15) is 0 Å². The van der Waals surface area contributed by atoms with Crippen LogP contribution in [0.2, 0.25) is 0 Å². The van der Waals surface area contributed by atoms with Crippen molar-refractivity contribution in [2.24, 2.45) is 0 Å². The van der Waals surface area contributed by atoms with Crippen LogP contribution in [0.3, 0.4) is 0 Å². The summed E-state index contributed by atoms with van der Waals surface area (Å²) in [5, 5.41) is 0. The molecule has 156 valence electrons. The second-order valence-electron chi connectivity index (χ2n) is 7.44. The molecule has 4 nitrogen and oxygen atoms in total. The summed E-state index contributed by atoms with van der Waals surface area (Å²) < 4.78 is 5.25. The Balaban J connectivity index is 1.76. The van der Waals surface area contributed by atoms with E-state index in [2.05, 4.69) is 0 Å². The molecular weight excluding hydrogens is 406 g/mol. The monoisotopic (exact) mass is 429 g/mol. The maximum atomic E-state index is 13.5. The maximum absolute atomic E-state index is 13.5. The van der Waals surface area contributed by atoms with Crippen molar-refractivity contribution in [1.29, 1.82) is 0 Å². The minimum atomic E-state index is -0.294. The van der Waals surface area contributed by atoms with Crippen molar-refractivity contribution in [3.05, 3.63) is 100.0 Å². The summed E-state index contributed by atoms with van der Waals surface area (Å²) >= 11 is 1.41. The van der Waals surface area contributed by atoms with Gasteiger partial charge in [0.05, 0.1) is 23.3 Å². The second-order valence-corrected chi connectivity index (χ2v) is 8.43. The van der Waals surface area contributed by atoms with E-state index < -0.39 is 0 Å². The Hall–Kier alpha value is -3.31. The van der Waals surface area contributed by atoms with Crippen molar-refractivity contribution in [3.63, 3.8) is 0 Å². The summed E-state index contributed by atoms with van der Waals surface area (Å²) in [5.74, 6) is 0.738. The van der Waals surface area contributed by atoms with Crippen LogP contribution in [0.25, 0.3) is 5.57 Å². The zero-order valence-electron chi connectivity index (χ0n) is 17.7. The molecule has 31 heavy (non-hydrogen) atoms. The molecule has 3 aromatic carbocycles. The van der Waals surface area contributed by atoms with Crippen LogP contribution in [0.4, 0.5) is 5.69 Å². The van der Waals surface area contributed by atoms with Gasteiger partial charge in [0.2, 0.25) is 0 Å². The molecule has 2 amide bonds. The van der Waals surface area contributed by atoms with Crippen LogP contribution in [0.15, 0.2) is 77.7 Å². The van der Waals surface area contributed by atoms with Crippen LogP contribution in [0.5, 0.6) is 5.75 Å². The Morgan fingerprint density at radius 2 is 1.58 bits per heavy atom. The number of rotatable bonds is 6. The lowest BCUT2D eigenvalue weighted by Gasteiger charge is -2.18. The van der Waals surface area contributed by atoms with E-state index in [1.54, 1.807) is 19.2 Å². The van der Waals surface area contributed by atoms with Crippen molar-refractivity contribution in [1.82, 2.24) is 0 Å². The molecule has 0 unspecified atom stereocenters. The largest absolute Gasteiger partial charge is 0.497 e. The number of ether oxygens (including phenoxy) is 1. The van der Waals surface area contributed by atoms with Gasteiger partial charge in [0.25, 0.3) is 11.8 Å². The van der Waals surface area contributed by atoms with Gasteiger partial charge in [-0.05, 0) is 48.7 Å². The first-order valence-corrected chi connectivity index (χ1v) is 11.0. The van der Waals surface area contributed by atoms with Gasteiger partial charge in [0.1, 0.15) is 5.75 Å². The fourth-order valence-electron chi connectivity index (χ4n) is 3.66. The van der Waals surface area contributed by atoms with Crippen LogP contribution in [-0.2, 0) is 15.3 Å². The van der Waals surface area contributed by atoms with E-state index in [-0.39, 0.29) is 11.8 Å². The first kappa shape index (κ1) is 20.9. The molecule has 0 saturated carbocycles. The zero-order chi connectivity index (χ0) is 22.0. The summed E-state index contributed by atoms with van der Waals surface area (Å²) in [6.45, 7) is 3.91. The van der Waals surface area contributed by atoms with Gasteiger partial charge in [0, 0.05) is 5.75 Å². The highest BCUT2D eigenvalue weighted by Crippen LogP contribution is 2.40. The van der Waals surface area contributed by atoms with Gasteiger partial charge < -0.3 is 4.74 Å². The number of nitrogens with zero attached hydrogens (tertiary/aromatic N) is 1. The number of benzene rings is 3. The van der Waals surface area contributed by atoms with E-state index in [0.29, 0.717) is 33.2 Å². The molecule has 0 aromatic heterocycles. The molecule has 5 heteroatoms. The summed E-state index contributed by atoms with van der Waals surface area (Å²) in [6, 6.07) is 23.0. The Morgan fingerprint density at radius 1 is 0.871 bits per heavy atom. The van der Waals surface area contributed by atoms with Gasteiger partial charge in [-0.3, -0.25) is 9.59 Å². The van der Waals surface area contributed by atoms with Crippen molar-refractivity contribution < 1.29 is 14.3 Å². The Labute approximate surface area is 186 Å². The molecule has 4 rings (SSSR count). The third kappa shape index (κ3) is 4.14. The van der Waals surface area contributed by atoms with Crippen LogP contribution in [-0.4, -0.2) is 18.9 Å². The molecule has 0 bridgehead atoms. The first-order chi connectivity index (χ1) is 15.0. The van der Waals surface area contributed by atoms with E-state index in [1.807, 2.05) is 74.5 Å². The SMILES string of the molecule is COc1ccc(C2=C(SCc3ccccc3)C(=O)N(c3ccc(C)cc3C)C2=O)cc1. The fraction of sp³-hybridized carbons (Fsp3) is 0.154. The molecular formula is C26H23NO3S. The van der Waals surface area contributed by atoms with Gasteiger partial charge >= 0.3 is 0 Å². The molecule has 0 fully saturated rings. The molecule has 0 saturated heterocycles.